The van der Waals surface area contributed by atoms with Gasteiger partial charge in [-0.05, 0) is 36.4 Å². The van der Waals surface area contributed by atoms with E-state index in [2.05, 4.69) is 5.10 Å². The summed E-state index contributed by atoms with van der Waals surface area (Å²) in [6.45, 7) is 0. The third-order valence-corrected chi connectivity index (χ3v) is 2.97. The third-order valence-electron chi connectivity index (χ3n) is 2.66. The normalized spacial score (nSPS) is 21.2. The molecule has 0 aliphatic heterocycles. The van der Waals surface area contributed by atoms with Crippen LogP contribution in [0.3, 0.4) is 0 Å². The molecule has 1 aromatic heterocycles. The molecule has 1 aliphatic carbocycles. The van der Waals surface area contributed by atoms with E-state index >= 15 is 0 Å². The van der Waals surface area contributed by atoms with Crippen LogP contribution in [-0.2, 0) is 24.7 Å². The highest BCUT2D eigenvalue weighted by Gasteiger charge is 2.25. The molecule has 0 spiro atoms. The van der Waals surface area contributed by atoms with E-state index in [1.165, 1.54) is 11.3 Å². The topological polar surface area (TPSA) is 34.9 Å². The summed E-state index contributed by atoms with van der Waals surface area (Å²) in [5, 5.41) is 3.94. The molecule has 0 radical (unpaired) electrons. The fourth-order valence-corrected chi connectivity index (χ4v) is 2.06. The van der Waals surface area contributed by atoms with Crippen LogP contribution >= 0.6 is 11.6 Å². The Morgan fingerprint density at radius 1 is 1.77 bits per heavy atom. The molecule has 1 unspecified atom stereocenters. The average Bonchev–Trinajstić information content (AvgIpc) is 2.47. The highest BCUT2D eigenvalue weighted by Crippen LogP contribution is 2.26. The van der Waals surface area contributed by atoms with Gasteiger partial charge in [-0.3, -0.25) is 9.48 Å². The predicted molar refractivity (Wildman–Crippen MR) is 49.6 cm³/mol. The standard InChI is InChI=1S/C9H11ClN2O/c1-12-8-3-2-6(9(10)13)4-7(8)5-11-12/h5-6H,2-4H2,1H3. The molecule has 13 heavy (non-hydrogen) atoms. The maximum absolute atomic E-state index is 11.0. The van der Waals surface area contributed by atoms with E-state index in [9.17, 15) is 4.79 Å². The summed E-state index contributed by atoms with van der Waals surface area (Å²) in [5.41, 5.74) is 2.42. The summed E-state index contributed by atoms with van der Waals surface area (Å²) in [6.07, 6.45) is 4.36. The number of carbonyl (C=O) groups is 1. The number of aryl methyl sites for hydroxylation is 1. The molecule has 0 amide bonds. The lowest BCUT2D eigenvalue weighted by Gasteiger charge is -2.18. The second-order valence-corrected chi connectivity index (χ2v) is 3.86. The van der Waals surface area contributed by atoms with Crippen molar-refractivity contribution < 1.29 is 4.79 Å². The zero-order valence-corrected chi connectivity index (χ0v) is 8.21. The molecule has 70 valence electrons. The largest absolute Gasteiger partial charge is 0.281 e. The predicted octanol–water partition coefficient (Wildman–Crippen LogP) is 1.29. The Hall–Kier alpha value is -0.830. The van der Waals surface area contributed by atoms with Gasteiger partial charge in [0.2, 0.25) is 5.24 Å². The molecule has 0 fully saturated rings. The summed E-state index contributed by atoms with van der Waals surface area (Å²) in [6, 6.07) is 0. The highest BCUT2D eigenvalue weighted by atomic mass is 35.5. The van der Waals surface area contributed by atoms with E-state index < -0.39 is 0 Å². The number of aromatic nitrogens is 2. The summed E-state index contributed by atoms with van der Waals surface area (Å²) in [4.78, 5) is 11.0. The first-order valence-electron chi connectivity index (χ1n) is 4.37. The number of hydrogen-bond acceptors (Lipinski definition) is 2. The van der Waals surface area contributed by atoms with Crippen LogP contribution in [0.15, 0.2) is 6.20 Å². The quantitative estimate of drug-likeness (QED) is 0.638. The Morgan fingerprint density at radius 3 is 3.23 bits per heavy atom. The Kier molecular flexibility index (Phi) is 2.12. The van der Waals surface area contributed by atoms with Gasteiger partial charge in [-0.25, -0.2) is 0 Å². The molecule has 1 atom stereocenters. The van der Waals surface area contributed by atoms with Crippen molar-refractivity contribution in [2.75, 3.05) is 0 Å². The first kappa shape index (κ1) is 8.75. The number of rotatable bonds is 1. The molecule has 0 N–H and O–H groups in total. The molecule has 1 aliphatic rings. The first-order valence-corrected chi connectivity index (χ1v) is 4.75. The van der Waals surface area contributed by atoms with Crippen molar-refractivity contribution in [1.29, 1.82) is 0 Å². The van der Waals surface area contributed by atoms with Gasteiger partial charge >= 0.3 is 0 Å². The zero-order chi connectivity index (χ0) is 9.42. The van der Waals surface area contributed by atoms with Crippen molar-refractivity contribution >= 4 is 16.8 Å². The highest BCUT2D eigenvalue weighted by molar-refractivity contribution is 6.64. The lowest BCUT2D eigenvalue weighted by molar-refractivity contribution is -0.115. The Labute approximate surface area is 81.7 Å². The van der Waals surface area contributed by atoms with Crippen molar-refractivity contribution in [1.82, 2.24) is 9.78 Å². The van der Waals surface area contributed by atoms with Crippen LogP contribution in [0.1, 0.15) is 17.7 Å². The van der Waals surface area contributed by atoms with Gasteiger partial charge in [0.15, 0.2) is 0 Å². The lowest BCUT2D eigenvalue weighted by atomic mass is 9.89. The monoisotopic (exact) mass is 198 g/mol. The molecule has 2 rings (SSSR count). The zero-order valence-electron chi connectivity index (χ0n) is 7.46. The number of carbonyl (C=O) groups excluding carboxylic acids is 1. The summed E-state index contributed by atoms with van der Waals surface area (Å²) < 4.78 is 1.88. The van der Waals surface area contributed by atoms with Crippen molar-refractivity contribution in [3.8, 4) is 0 Å². The fraction of sp³-hybridized carbons (Fsp3) is 0.556. The van der Waals surface area contributed by atoms with E-state index in [4.69, 9.17) is 11.6 Å². The molecule has 0 aromatic carbocycles. The van der Waals surface area contributed by atoms with E-state index in [1.807, 2.05) is 17.9 Å². The summed E-state index contributed by atoms with van der Waals surface area (Å²) in [5.74, 6) is -0.00151. The molecule has 1 aromatic rings. The van der Waals surface area contributed by atoms with Crippen molar-refractivity contribution in [2.24, 2.45) is 13.0 Å². The smallest absolute Gasteiger partial charge is 0.225 e. The molecule has 0 saturated heterocycles. The average molecular weight is 199 g/mol. The minimum absolute atomic E-state index is 0.00151. The number of nitrogens with zero attached hydrogens (tertiary/aromatic N) is 2. The van der Waals surface area contributed by atoms with Crippen LogP contribution in [0.2, 0.25) is 0 Å². The van der Waals surface area contributed by atoms with Gasteiger partial charge in [0.1, 0.15) is 0 Å². The van der Waals surface area contributed by atoms with Crippen molar-refractivity contribution in [3.05, 3.63) is 17.5 Å². The second kappa shape index (κ2) is 3.14. The second-order valence-electron chi connectivity index (χ2n) is 3.48. The van der Waals surface area contributed by atoms with E-state index in [-0.39, 0.29) is 11.2 Å². The summed E-state index contributed by atoms with van der Waals surface area (Å²) >= 11 is 5.46. The fourth-order valence-electron chi connectivity index (χ4n) is 1.87. The Balaban J connectivity index is 2.25. The van der Waals surface area contributed by atoms with Crippen molar-refractivity contribution in [3.63, 3.8) is 0 Å². The SMILES string of the molecule is Cn1ncc2c1CCC(C(=O)Cl)C2. The molecule has 0 bridgehead atoms. The third kappa shape index (κ3) is 1.48. The van der Waals surface area contributed by atoms with Crippen LogP contribution in [0.25, 0.3) is 0 Å². The minimum Gasteiger partial charge on any atom is -0.281 e. The van der Waals surface area contributed by atoms with Gasteiger partial charge in [0.25, 0.3) is 0 Å². The maximum atomic E-state index is 11.0. The number of halogens is 1. The van der Waals surface area contributed by atoms with Crippen LogP contribution < -0.4 is 0 Å². The molecular weight excluding hydrogens is 188 g/mol. The lowest BCUT2D eigenvalue weighted by Crippen LogP contribution is -2.19. The summed E-state index contributed by atoms with van der Waals surface area (Å²) in [7, 11) is 1.93. The van der Waals surface area contributed by atoms with Crippen LogP contribution in [-0.4, -0.2) is 15.0 Å². The van der Waals surface area contributed by atoms with Gasteiger partial charge < -0.3 is 0 Å². The van der Waals surface area contributed by atoms with Gasteiger partial charge in [-0.15, -0.1) is 0 Å². The first-order chi connectivity index (χ1) is 6.18. The van der Waals surface area contributed by atoms with E-state index in [0.29, 0.717) is 0 Å². The van der Waals surface area contributed by atoms with Gasteiger partial charge in [-0.1, -0.05) is 0 Å². The molecule has 3 nitrogen and oxygen atoms in total. The van der Waals surface area contributed by atoms with E-state index in [0.717, 1.165) is 19.3 Å². The molecule has 0 saturated carbocycles. The van der Waals surface area contributed by atoms with E-state index in [1.54, 1.807) is 0 Å². The van der Waals surface area contributed by atoms with Gasteiger partial charge in [-0.2, -0.15) is 5.10 Å². The van der Waals surface area contributed by atoms with Crippen LogP contribution in [0.4, 0.5) is 0 Å². The minimum atomic E-state index is -0.213. The Morgan fingerprint density at radius 2 is 2.54 bits per heavy atom. The van der Waals surface area contributed by atoms with Crippen molar-refractivity contribution in [2.45, 2.75) is 19.3 Å². The van der Waals surface area contributed by atoms with Crippen LogP contribution in [0, 0.1) is 5.92 Å². The Bertz CT molecular complexity index is 345. The molecule has 1 heterocycles. The van der Waals surface area contributed by atoms with Crippen LogP contribution in [0.5, 0.6) is 0 Å². The van der Waals surface area contributed by atoms with Gasteiger partial charge in [0, 0.05) is 18.7 Å². The number of fused-ring (bicyclic) bond motifs is 1. The number of hydrogen-bond donors (Lipinski definition) is 0. The maximum Gasteiger partial charge on any atom is 0.225 e. The van der Waals surface area contributed by atoms with Gasteiger partial charge in [0.05, 0.1) is 6.20 Å². The molecular formula is C9H11ClN2O. The molecule has 4 heteroatoms.